The number of methoxy groups -OCH3 is 2. The number of benzene rings is 2. The molecule has 6 heteroatoms. The number of carbonyl (C=O) groups is 1. The maximum absolute atomic E-state index is 13.3. The smallest absolute Gasteiger partial charge is 0.247 e. The van der Waals surface area contributed by atoms with Gasteiger partial charge in [-0.3, -0.25) is 4.79 Å². The van der Waals surface area contributed by atoms with Crippen LogP contribution in [0.25, 0.3) is 0 Å². The highest BCUT2D eigenvalue weighted by Crippen LogP contribution is 2.37. The van der Waals surface area contributed by atoms with Crippen molar-refractivity contribution in [3.8, 4) is 11.5 Å². The van der Waals surface area contributed by atoms with Crippen LogP contribution in [0, 0.1) is 11.8 Å². The SMILES string of the molecule is COc1ccc(C2=NN(Cc3ccccc3CBr)C(=O)[C@H]3CC=CC[C@@H]23)cc1OC. The van der Waals surface area contributed by atoms with Crippen LogP contribution < -0.4 is 9.47 Å². The van der Waals surface area contributed by atoms with Crippen LogP contribution in [0.1, 0.15) is 29.5 Å². The van der Waals surface area contributed by atoms with E-state index in [9.17, 15) is 4.79 Å². The van der Waals surface area contributed by atoms with Crippen molar-refractivity contribution in [2.75, 3.05) is 14.2 Å². The van der Waals surface area contributed by atoms with Crippen LogP contribution in [0.15, 0.2) is 59.7 Å². The summed E-state index contributed by atoms with van der Waals surface area (Å²) < 4.78 is 10.9. The molecule has 0 saturated heterocycles. The van der Waals surface area contributed by atoms with E-state index in [0.29, 0.717) is 18.0 Å². The lowest BCUT2D eigenvalue weighted by atomic mass is 9.76. The van der Waals surface area contributed by atoms with Crippen molar-refractivity contribution in [1.29, 1.82) is 0 Å². The van der Waals surface area contributed by atoms with Crippen LogP contribution in [-0.2, 0) is 16.7 Å². The lowest BCUT2D eigenvalue weighted by Crippen LogP contribution is -2.45. The van der Waals surface area contributed by atoms with Crippen LogP contribution in [-0.4, -0.2) is 30.8 Å². The maximum atomic E-state index is 13.3. The van der Waals surface area contributed by atoms with Crippen molar-refractivity contribution in [3.63, 3.8) is 0 Å². The Balaban J connectivity index is 1.75. The molecule has 2 aliphatic rings. The third-order valence-corrected chi connectivity index (χ3v) is 6.45. The first-order valence-corrected chi connectivity index (χ1v) is 11.2. The normalized spacial score (nSPS) is 20.6. The average molecular weight is 469 g/mol. The number of amides is 1. The van der Waals surface area contributed by atoms with E-state index >= 15 is 0 Å². The highest BCUT2D eigenvalue weighted by molar-refractivity contribution is 9.08. The van der Waals surface area contributed by atoms with Crippen molar-refractivity contribution in [3.05, 3.63) is 71.3 Å². The molecule has 1 heterocycles. The van der Waals surface area contributed by atoms with Gasteiger partial charge in [0.1, 0.15) is 0 Å². The quantitative estimate of drug-likeness (QED) is 0.446. The molecule has 2 aromatic rings. The van der Waals surface area contributed by atoms with Gasteiger partial charge in [0, 0.05) is 16.8 Å². The fourth-order valence-electron chi connectivity index (χ4n) is 4.22. The molecule has 1 amide bonds. The zero-order valence-electron chi connectivity index (χ0n) is 17.2. The minimum atomic E-state index is -0.0910. The number of carbonyl (C=O) groups excluding carboxylic acids is 1. The summed E-state index contributed by atoms with van der Waals surface area (Å²) >= 11 is 3.55. The number of ether oxygens (including phenoxy) is 2. The van der Waals surface area contributed by atoms with Gasteiger partial charge in [-0.05, 0) is 42.2 Å². The summed E-state index contributed by atoms with van der Waals surface area (Å²) in [6.07, 6.45) is 5.82. The number of hydrazone groups is 1. The number of allylic oxidation sites excluding steroid dienone is 2. The molecule has 5 nitrogen and oxygen atoms in total. The number of halogens is 1. The minimum absolute atomic E-state index is 0.0725. The summed E-state index contributed by atoms with van der Waals surface area (Å²) in [5.74, 6) is 1.42. The molecule has 0 saturated carbocycles. The van der Waals surface area contributed by atoms with Gasteiger partial charge in [-0.15, -0.1) is 0 Å². The maximum Gasteiger partial charge on any atom is 0.247 e. The molecule has 0 unspecified atom stereocenters. The van der Waals surface area contributed by atoms with E-state index in [-0.39, 0.29) is 17.7 Å². The van der Waals surface area contributed by atoms with Gasteiger partial charge in [-0.25, -0.2) is 5.01 Å². The molecule has 2 aromatic carbocycles. The topological polar surface area (TPSA) is 51.1 Å². The van der Waals surface area contributed by atoms with Gasteiger partial charge in [-0.1, -0.05) is 52.3 Å². The van der Waals surface area contributed by atoms with E-state index in [0.717, 1.165) is 35.0 Å². The third-order valence-electron chi connectivity index (χ3n) is 5.85. The molecule has 0 aromatic heterocycles. The number of hydrogen-bond donors (Lipinski definition) is 0. The molecule has 1 aliphatic heterocycles. The first-order chi connectivity index (χ1) is 14.7. The van der Waals surface area contributed by atoms with Gasteiger partial charge >= 0.3 is 0 Å². The summed E-state index contributed by atoms with van der Waals surface area (Å²) in [6, 6.07) is 14.0. The number of hydrogen-bond acceptors (Lipinski definition) is 4. The fraction of sp³-hybridized carbons (Fsp3) is 0.333. The number of rotatable bonds is 6. The second kappa shape index (κ2) is 9.04. The summed E-state index contributed by atoms with van der Waals surface area (Å²) in [6.45, 7) is 0.463. The highest BCUT2D eigenvalue weighted by atomic mass is 79.9. The van der Waals surface area contributed by atoms with E-state index in [1.807, 2.05) is 30.3 Å². The van der Waals surface area contributed by atoms with Crippen molar-refractivity contribution < 1.29 is 14.3 Å². The van der Waals surface area contributed by atoms with E-state index in [2.05, 4.69) is 40.2 Å². The van der Waals surface area contributed by atoms with Crippen molar-refractivity contribution in [2.45, 2.75) is 24.7 Å². The van der Waals surface area contributed by atoms with Crippen LogP contribution in [0.2, 0.25) is 0 Å². The molecule has 1 aliphatic carbocycles. The predicted molar refractivity (Wildman–Crippen MR) is 121 cm³/mol. The lowest BCUT2D eigenvalue weighted by molar-refractivity contribution is -0.138. The number of alkyl halides is 1. The third kappa shape index (κ3) is 3.88. The first kappa shape index (κ1) is 20.7. The van der Waals surface area contributed by atoms with Gasteiger partial charge in [0.2, 0.25) is 5.91 Å². The van der Waals surface area contributed by atoms with E-state index < -0.39 is 0 Å². The van der Waals surface area contributed by atoms with Crippen molar-refractivity contribution >= 4 is 27.5 Å². The largest absolute Gasteiger partial charge is 0.493 e. The Morgan fingerprint density at radius 2 is 1.70 bits per heavy atom. The van der Waals surface area contributed by atoms with E-state index in [1.165, 1.54) is 5.56 Å². The minimum Gasteiger partial charge on any atom is -0.493 e. The van der Waals surface area contributed by atoms with Gasteiger partial charge in [0.15, 0.2) is 11.5 Å². The Morgan fingerprint density at radius 3 is 2.40 bits per heavy atom. The Morgan fingerprint density at radius 1 is 1.00 bits per heavy atom. The summed E-state index contributed by atoms with van der Waals surface area (Å²) in [5.41, 5.74) is 4.16. The molecule has 0 radical (unpaired) electrons. The van der Waals surface area contributed by atoms with E-state index in [4.69, 9.17) is 14.6 Å². The standard InChI is InChI=1S/C24H25BrN2O3/c1-29-21-12-11-16(13-22(21)30-2)23-19-9-5-6-10-20(19)24(28)27(26-23)15-18-8-4-3-7-17(18)14-25/h3-8,11-13,19-20H,9-10,14-15H2,1-2H3/t19-,20+/m1/s1. The highest BCUT2D eigenvalue weighted by Gasteiger charge is 2.40. The molecule has 2 atom stereocenters. The number of nitrogens with zero attached hydrogens (tertiary/aromatic N) is 2. The van der Waals surface area contributed by atoms with Crippen LogP contribution in [0.5, 0.6) is 11.5 Å². The molecule has 156 valence electrons. The van der Waals surface area contributed by atoms with Gasteiger partial charge < -0.3 is 9.47 Å². The molecule has 0 fully saturated rings. The van der Waals surface area contributed by atoms with Gasteiger partial charge in [-0.2, -0.15) is 5.10 Å². The first-order valence-electron chi connectivity index (χ1n) is 10.1. The predicted octanol–water partition coefficient (Wildman–Crippen LogP) is 4.93. The number of fused-ring (bicyclic) bond motifs is 1. The molecule has 0 bridgehead atoms. The molecular formula is C24H25BrN2O3. The fourth-order valence-corrected chi connectivity index (χ4v) is 4.77. The molecule has 0 spiro atoms. The summed E-state index contributed by atoms with van der Waals surface area (Å²) in [5, 5.41) is 7.26. The Kier molecular flexibility index (Phi) is 6.23. The van der Waals surface area contributed by atoms with E-state index in [1.54, 1.807) is 19.2 Å². The monoisotopic (exact) mass is 468 g/mol. The summed E-state index contributed by atoms with van der Waals surface area (Å²) in [7, 11) is 3.25. The van der Waals surface area contributed by atoms with Crippen LogP contribution in [0.3, 0.4) is 0 Å². The zero-order chi connectivity index (χ0) is 21.1. The van der Waals surface area contributed by atoms with Gasteiger partial charge in [0.25, 0.3) is 0 Å². The molecular weight excluding hydrogens is 444 g/mol. The lowest BCUT2D eigenvalue weighted by Gasteiger charge is -2.37. The van der Waals surface area contributed by atoms with Gasteiger partial charge in [0.05, 0.1) is 32.4 Å². The second-order valence-electron chi connectivity index (χ2n) is 7.51. The van der Waals surface area contributed by atoms with Crippen molar-refractivity contribution in [2.24, 2.45) is 16.9 Å². The van der Waals surface area contributed by atoms with Crippen LogP contribution >= 0.6 is 15.9 Å². The summed E-state index contributed by atoms with van der Waals surface area (Å²) in [4.78, 5) is 13.3. The molecule has 30 heavy (non-hydrogen) atoms. The van der Waals surface area contributed by atoms with Crippen LogP contribution in [0.4, 0.5) is 0 Å². The average Bonchev–Trinajstić information content (AvgIpc) is 2.80. The zero-order valence-corrected chi connectivity index (χ0v) is 18.8. The second-order valence-corrected chi connectivity index (χ2v) is 8.07. The Bertz CT molecular complexity index is 1000. The Labute approximate surface area is 185 Å². The molecule has 0 N–H and O–H groups in total. The van der Waals surface area contributed by atoms with Crippen molar-refractivity contribution in [1.82, 2.24) is 5.01 Å². The molecule has 4 rings (SSSR count). The Hall–Kier alpha value is -2.60.